The first-order chi connectivity index (χ1) is 11.3. The third-order valence-electron chi connectivity index (χ3n) is 4.26. The first-order valence-electron chi connectivity index (χ1n) is 7.61. The molecule has 0 unspecified atom stereocenters. The van der Waals surface area contributed by atoms with E-state index < -0.39 is 0 Å². The molecular formula is C17H15BrN4O. The normalized spacial score (nSPS) is 17.8. The number of amides is 1. The SMILES string of the molecule is O=C(c1ccccc1Br)N1CCC[C@@H]1c1nnc2ccccn12. The van der Waals surface area contributed by atoms with Crippen molar-refractivity contribution in [3.05, 3.63) is 64.5 Å². The number of rotatable bonds is 2. The molecule has 0 N–H and O–H groups in total. The summed E-state index contributed by atoms with van der Waals surface area (Å²) in [5.41, 5.74) is 1.50. The second-order valence-corrected chi connectivity index (χ2v) is 6.48. The number of benzene rings is 1. The number of likely N-dealkylation sites (tertiary alicyclic amines) is 1. The van der Waals surface area contributed by atoms with Crippen LogP contribution in [0.4, 0.5) is 0 Å². The molecule has 23 heavy (non-hydrogen) atoms. The Morgan fingerprint density at radius 2 is 1.96 bits per heavy atom. The van der Waals surface area contributed by atoms with Crippen LogP contribution >= 0.6 is 15.9 Å². The van der Waals surface area contributed by atoms with Crippen LogP contribution in [0, 0.1) is 0 Å². The minimum absolute atomic E-state index is 0.0349. The van der Waals surface area contributed by atoms with Gasteiger partial charge in [-0.1, -0.05) is 18.2 Å². The fourth-order valence-electron chi connectivity index (χ4n) is 3.15. The lowest BCUT2D eigenvalue weighted by Gasteiger charge is -2.24. The van der Waals surface area contributed by atoms with Crippen LogP contribution in [0.2, 0.25) is 0 Å². The largest absolute Gasteiger partial charge is 0.328 e. The highest BCUT2D eigenvalue weighted by atomic mass is 79.9. The van der Waals surface area contributed by atoms with E-state index in [4.69, 9.17) is 0 Å². The summed E-state index contributed by atoms with van der Waals surface area (Å²) in [5.74, 6) is 0.867. The van der Waals surface area contributed by atoms with Gasteiger partial charge in [-0.2, -0.15) is 0 Å². The van der Waals surface area contributed by atoms with E-state index in [9.17, 15) is 4.79 Å². The first kappa shape index (κ1) is 14.4. The molecule has 0 bridgehead atoms. The Hall–Kier alpha value is -2.21. The number of pyridine rings is 1. The van der Waals surface area contributed by atoms with Crippen LogP contribution in [0.25, 0.3) is 5.65 Å². The molecule has 0 saturated carbocycles. The van der Waals surface area contributed by atoms with E-state index in [1.807, 2.05) is 58.0 Å². The Morgan fingerprint density at radius 1 is 1.13 bits per heavy atom. The molecule has 1 aliphatic heterocycles. The molecule has 1 atom stereocenters. The van der Waals surface area contributed by atoms with Crippen LogP contribution in [0.5, 0.6) is 0 Å². The molecule has 3 aromatic rings. The minimum Gasteiger partial charge on any atom is -0.328 e. The minimum atomic E-state index is -0.0352. The Labute approximate surface area is 142 Å². The second kappa shape index (κ2) is 5.77. The molecule has 3 heterocycles. The Morgan fingerprint density at radius 3 is 2.83 bits per heavy atom. The molecule has 2 aromatic heterocycles. The third kappa shape index (κ3) is 2.43. The topological polar surface area (TPSA) is 50.5 Å². The van der Waals surface area contributed by atoms with Crippen LogP contribution in [0.15, 0.2) is 53.1 Å². The molecule has 1 fully saturated rings. The molecule has 0 spiro atoms. The van der Waals surface area contributed by atoms with Gasteiger partial charge in [0, 0.05) is 17.2 Å². The summed E-state index contributed by atoms with van der Waals surface area (Å²) in [5, 5.41) is 8.55. The molecule has 6 heteroatoms. The molecule has 1 aliphatic rings. The Bertz CT molecular complexity index is 876. The molecule has 1 aromatic carbocycles. The van der Waals surface area contributed by atoms with Gasteiger partial charge in [0.15, 0.2) is 11.5 Å². The highest BCUT2D eigenvalue weighted by Gasteiger charge is 2.34. The number of carbonyl (C=O) groups is 1. The van der Waals surface area contributed by atoms with Gasteiger partial charge in [0.1, 0.15) is 0 Å². The third-order valence-corrected chi connectivity index (χ3v) is 4.95. The zero-order valence-corrected chi connectivity index (χ0v) is 14.0. The van der Waals surface area contributed by atoms with Crippen LogP contribution in [-0.4, -0.2) is 31.9 Å². The van der Waals surface area contributed by atoms with Gasteiger partial charge in [-0.25, -0.2) is 0 Å². The molecular weight excluding hydrogens is 356 g/mol. The number of halogens is 1. The predicted octanol–water partition coefficient (Wildman–Crippen LogP) is 3.47. The molecule has 1 saturated heterocycles. The molecule has 0 radical (unpaired) electrons. The number of fused-ring (bicyclic) bond motifs is 1. The summed E-state index contributed by atoms with van der Waals surface area (Å²) in [4.78, 5) is 14.9. The number of nitrogens with zero attached hydrogens (tertiary/aromatic N) is 4. The number of aromatic nitrogens is 3. The van der Waals surface area contributed by atoms with E-state index in [1.165, 1.54) is 0 Å². The lowest BCUT2D eigenvalue weighted by atomic mass is 10.1. The number of carbonyl (C=O) groups excluding carboxylic acids is 1. The van der Waals surface area contributed by atoms with E-state index in [2.05, 4.69) is 26.1 Å². The van der Waals surface area contributed by atoms with Gasteiger partial charge in [0.05, 0.1) is 11.6 Å². The maximum Gasteiger partial charge on any atom is 0.255 e. The maximum absolute atomic E-state index is 12.9. The van der Waals surface area contributed by atoms with Gasteiger partial charge in [0.25, 0.3) is 5.91 Å². The van der Waals surface area contributed by atoms with Crippen molar-refractivity contribution in [3.8, 4) is 0 Å². The second-order valence-electron chi connectivity index (χ2n) is 5.62. The summed E-state index contributed by atoms with van der Waals surface area (Å²) < 4.78 is 2.79. The van der Waals surface area contributed by atoms with Crippen LogP contribution < -0.4 is 0 Å². The summed E-state index contributed by atoms with van der Waals surface area (Å²) in [6, 6.07) is 13.3. The highest BCUT2D eigenvalue weighted by molar-refractivity contribution is 9.10. The zero-order chi connectivity index (χ0) is 15.8. The van der Waals surface area contributed by atoms with E-state index in [-0.39, 0.29) is 11.9 Å². The van der Waals surface area contributed by atoms with Crippen molar-refractivity contribution in [2.24, 2.45) is 0 Å². The summed E-state index contributed by atoms with van der Waals surface area (Å²) in [6.45, 7) is 0.743. The van der Waals surface area contributed by atoms with Crippen molar-refractivity contribution < 1.29 is 4.79 Å². The first-order valence-corrected chi connectivity index (χ1v) is 8.40. The van der Waals surface area contributed by atoms with E-state index in [1.54, 1.807) is 0 Å². The van der Waals surface area contributed by atoms with Crippen molar-refractivity contribution in [3.63, 3.8) is 0 Å². The summed E-state index contributed by atoms with van der Waals surface area (Å²) in [7, 11) is 0. The molecule has 116 valence electrons. The van der Waals surface area contributed by atoms with Crippen LogP contribution in [-0.2, 0) is 0 Å². The predicted molar refractivity (Wildman–Crippen MR) is 90.1 cm³/mol. The molecule has 0 aliphatic carbocycles. The van der Waals surface area contributed by atoms with Gasteiger partial charge < -0.3 is 4.90 Å². The Kier molecular flexibility index (Phi) is 3.61. The highest BCUT2D eigenvalue weighted by Crippen LogP contribution is 2.33. The quantitative estimate of drug-likeness (QED) is 0.693. The Balaban J connectivity index is 1.72. The van der Waals surface area contributed by atoms with Crippen molar-refractivity contribution in [2.45, 2.75) is 18.9 Å². The smallest absolute Gasteiger partial charge is 0.255 e. The molecule has 1 amide bonds. The summed E-state index contributed by atoms with van der Waals surface area (Å²) >= 11 is 3.47. The average molecular weight is 371 g/mol. The van der Waals surface area contributed by atoms with E-state index >= 15 is 0 Å². The number of hydrogen-bond donors (Lipinski definition) is 0. The monoisotopic (exact) mass is 370 g/mol. The van der Waals surface area contributed by atoms with Gasteiger partial charge in [-0.3, -0.25) is 9.20 Å². The molecule has 4 rings (SSSR count). The van der Waals surface area contributed by atoms with Crippen molar-refractivity contribution >= 4 is 27.5 Å². The van der Waals surface area contributed by atoms with Gasteiger partial charge >= 0.3 is 0 Å². The van der Waals surface area contributed by atoms with Gasteiger partial charge in [-0.15, -0.1) is 10.2 Å². The fourth-order valence-corrected chi connectivity index (χ4v) is 3.61. The van der Waals surface area contributed by atoms with Crippen molar-refractivity contribution in [1.29, 1.82) is 0 Å². The number of hydrogen-bond acceptors (Lipinski definition) is 3. The van der Waals surface area contributed by atoms with E-state index in [0.29, 0.717) is 5.56 Å². The van der Waals surface area contributed by atoms with Crippen LogP contribution in [0.3, 0.4) is 0 Å². The van der Waals surface area contributed by atoms with Gasteiger partial charge in [-0.05, 0) is 53.0 Å². The lowest BCUT2D eigenvalue weighted by Crippen LogP contribution is -2.31. The molecule has 5 nitrogen and oxygen atoms in total. The van der Waals surface area contributed by atoms with Gasteiger partial charge in [0.2, 0.25) is 0 Å². The lowest BCUT2D eigenvalue weighted by molar-refractivity contribution is 0.0728. The van der Waals surface area contributed by atoms with Crippen molar-refractivity contribution in [2.75, 3.05) is 6.54 Å². The van der Waals surface area contributed by atoms with Crippen molar-refractivity contribution in [1.82, 2.24) is 19.5 Å². The van der Waals surface area contributed by atoms with E-state index in [0.717, 1.165) is 35.3 Å². The van der Waals surface area contributed by atoms with Crippen LogP contribution in [0.1, 0.15) is 35.1 Å². The zero-order valence-electron chi connectivity index (χ0n) is 12.4. The maximum atomic E-state index is 12.9. The average Bonchev–Trinajstić information content (AvgIpc) is 3.21. The standard InChI is InChI=1S/C17H15BrN4O/c18-13-7-2-1-6-12(13)17(23)21-11-5-8-14(21)16-20-19-15-9-3-4-10-22(15)16/h1-4,6-7,9-10,14H,5,8,11H2/t14-/m1/s1. The summed E-state index contributed by atoms with van der Waals surface area (Å²) in [6.07, 6.45) is 3.83. The fraction of sp³-hybridized carbons (Fsp3) is 0.235.